The summed E-state index contributed by atoms with van der Waals surface area (Å²) in [7, 11) is -0.379. The molecule has 0 N–H and O–H groups in total. The van der Waals surface area contributed by atoms with Gasteiger partial charge in [-0.1, -0.05) is 48.2 Å². The first-order valence-electron chi connectivity index (χ1n) is 8.18. The van der Waals surface area contributed by atoms with Crippen LogP contribution in [0.5, 0.6) is 5.75 Å². The van der Waals surface area contributed by atoms with Gasteiger partial charge in [0.05, 0.1) is 11.5 Å². The zero-order chi connectivity index (χ0) is 19.0. The molecule has 1 aromatic heterocycles. The molecule has 2 aromatic rings. The van der Waals surface area contributed by atoms with E-state index in [4.69, 9.17) is 4.74 Å². The Bertz CT molecular complexity index is 776. The van der Waals surface area contributed by atoms with Crippen molar-refractivity contribution in [3.8, 4) is 5.75 Å². The van der Waals surface area contributed by atoms with Crippen molar-refractivity contribution in [3.63, 3.8) is 0 Å². The lowest BCUT2D eigenvalue weighted by Crippen LogP contribution is -2.22. The SMILES string of the molecule is CCCCSc1nnc(SCCOc2ccc(S(=O)(=O)N(C)C)cc2)s1. The molecule has 0 bridgehead atoms. The minimum absolute atomic E-state index is 0.256. The third-order valence-corrected chi connectivity index (χ3v) is 8.36. The fourth-order valence-corrected chi connectivity index (χ4v) is 5.79. The molecule has 10 heteroatoms. The lowest BCUT2D eigenvalue weighted by molar-refractivity contribution is 0.343. The summed E-state index contributed by atoms with van der Waals surface area (Å²) in [6.07, 6.45) is 2.38. The van der Waals surface area contributed by atoms with Crippen molar-refractivity contribution < 1.29 is 13.2 Å². The molecule has 1 aromatic carbocycles. The fraction of sp³-hybridized carbons (Fsp3) is 0.500. The zero-order valence-electron chi connectivity index (χ0n) is 15.0. The Morgan fingerprint density at radius 3 is 2.27 bits per heavy atom. The van der Waals surface area contributed by atoms with Gasteiger partial charge in [-0.25, -0.2) is 12.7 Å². The standard InChI is InChI=1S/C16H23N3O3S4/c1-4-5-11-23-15-17-18-16(25-15)24-12-10-22-13-6-8-14(9-7-13)26(20,21)19(2)3/h6-9H,4-5,10-12H2,1-3H3. The van der Waals surface area contributed by atoms with E-state index in [9.17, 15) is 8.42 Å². The molecule has 2 rings (SSSR count). The smallest absolute Gasteiger partial charge is 0.242 e. The van der Waals surface area contributed by atoms with Gasteiger partial charge < -0.3 is 4.74 Å². The van der Waals surface area contributed by atoms with Gasteiger partial charge in [0.15, 0.2) is 8.68 Å². The molecule has 0 unspecified atom stereocenters. The first-order valence-corrected chi connectivity index (χ1v) is 12.4. The molecular formula is C16H23N3O3S4. The number of aromatic nitrogens is 2. The van der Waals surface area contributed by atoms with E-state index in [0.717, 1.165) is 20.2 Å². The van der Waals surface area contributed by atoms with Gasteiger partial charge in [0, 0.05) is 25.6 Å². The lowest BCUT2D eigenvalue weighted by Gasteiger charge is -2.12. The molecular weight excluding hydrogens is 410 g/mol. The molecule has 144 valence electrons. The van der Waals surface area contributed by atoms with Crippen molar-refractivity contribution in [2.75, 3.05) is 32.2 Å². The Morgan fingerprint density at radius 1 is 1.08 bits per heavy atom. The van der Waals surface area contributed by atoms with Gasteiger partial charge in [0.2, 0.25) is 10.0 Å². The van der Waals surface area contributed by atoms with Crippen LogP contribution in [0.2, 0.25) is 0 Å². The molecule has 0 atom stereocenters. The Labute approximate surface area is 167 Å². The molecule has 0 aliphatic carbocycles. The maximum Gasteiger partial charge on any atom is 0.242 e. The second-order valence-electron chi connectivity index (χ2n) is 5.49. The van der Waals surface area contributed by atoms with Crippen LogP contribution in [0.3, 0.4) is 0 Å². The molecule has 1 heterocycles. The predicted molar refractivity (Wildman–Crippen MR) is 109 cm³/mol. The van der Waals surface area contributed by atoms with Gasteiger partial charge in [-0.3, -0.25) is 0 Å². The van der Waals surface area contributed by atoms with E-state index in [1.165, 1.54) is 31.2 Å². The Morgan fingerprint density at radius 2 is 1.69 bits per heavy atom. The van der Waals surface area contributed by atoms with E-state index in [2.05, 4.69) is 17.1 Å². The summed E-state index contributed by atoms with van der Waals surface area (Å²) in [5.41, 5.74) is 0. The van der Waals surface area contributed by atoms with Crippen molar-refractivity contribution in [2.24, 2.45) is 0 Å². The highest BCUT2D eigenvalue weighted by Crippen LogP contribution is 2.29. The molecule has 0 radical (unpaired) electrons. The summed E-state index contributed by atoms with van der Waals surface area (Å²) in [5, 5.41) is 8.36. The third-order valence-electron chi connectivity index (χ3n) is 3.29. The van der Waals surface area contributed by atoms with Crippen molar-refractivity contribution in [3.05, 3.63) is 24.3 Å². The van der Waals surface area contributed by atoms with Crippen LogP contribution in [-0.4, -0.2) is 55.1 Å². The Balaban J connectivity index is 1.75. The maximum atomic E-state index is 12.0. The number of ether oxygens (including phenoxy) is 1. The van der Waals surface area contributed by atoms with E-state index in [-0.39, 0.29) is 4.90 Å². The second kappa shape index (κ2) is 10.5. The Kier molecular flexibility index (Phi) is 8.68. The summed E-state index contributed by atoms with van der Waals surface area (Å²) in [6.45, 7) is 2.69. The van der Waals surface area contributed by atoms with Crippen molar-refractivity contribution in [1.29, 1.82) is 0 Å². The monoisotopic (exact) mass is 433 g/mol. The number of unbranched alkanes of at least 4 members (excludes halogenated alkanes) is 1. The predicted octanol–water partition coefficient (Wildman–Crippen LogP) is 3.85. The van der Waals surface area contributed by atoms with E-state index in [0.29, 0.717) is 12.4 Å². The maximum absolute atomic E-state index is 12.0. The highest BCUT2D eigenvalue weighted by atomic mass is 32.2. The van der Waals surface area contributed by atoms with Gasteiger partial charge in [-0.05, 0) is 30.7 Å². The molecule has 0 aliphatic rings. The summed E-state index contributed by atoms with van der Waals surface area (Å²) in [5.74, 6) is 2.49. The topological polar surface area (TPSA) is 72.4 Å². The van der Waals surface area contributed by atoms with Crippen molar-refractivity contribution >= 4 is 44.9 Å². The lowest BCUT2D eigenvalue weighted by atomic mass is 10.3. The average molecular weight is 434 g/mol. The number of sulfonamides is 1. The molecule has 0 amide bonds. The molecule has 0 fully saturated rings. The summed E-state index contributed by atoms with van der Waals surface area (Å²) < 4.78 is 32.8. The normalized spacial score (nSPS) is 11.8. The summed E-state index contributed by atoms with van der Waals surface area (Å²) in [6, 6.07) is 6.47. The third kappa shape index (κ3) is 6.41. The number of hydrogen-bond donors (Lipinski definition) is 0. The highest BCUT2D eigenvalue weighted by Gasteiger charge is 2.16. The molecule has 0 saturated heterocycles. The van der Waals surface area contributed by atoms with Gasteiger partial charge in [0.1, 0.15) is 5.75 Å². The van der Waals surface area contributed by atoms with E-state index < -0.39 is 10.0 Å². The molecule has 6 nitrogen and oxygen atoms in total. The van der Waals surface area contributed by atoms with Gasteiger partial charge in [-0.2, -0.15) is 0 Å². The molecule has 0 aliphatic heterocycles. The minimum atomic E-state index is -3.40. The van der Waals surface area contributed by atoms with Crippen LogP contribution in [0, 0.1) is 0 Å². The van der Waals surface area contributed by atoms with Crippen LogP contribution in [0.25, 0.3) is 0 Å². The number of benzene rings is 1. The molecule has 0 saturated carbocycles. The summed E-state index contributed by atoms with van der Waals surface area (Å²) in [4.78, 5) is 0.256. The molecule has 26 heavy (non-hydrogen) atoms. The number of hydrogen-bond acceptors (Lipinski definition) is 8. The van der Waals surface area contributed by atoms with Gasteiger partial charge in [-0.15, -0.1) is 10.2 Å². The van der Waals surface area contributed by atoms with Crippen molar-refractivity contribution in [1.82, 2.24) is 14.5 Å². The molecule has 0 spiro atoms. The van der Waals surface area contributed by atoms with E-state index in [1.807, 2.05) is 0 Å². The fourth-order valence-electron chi connectivity index (χ4n) is 1.82. The second-order valence-corrected chi connectivity index (χ2v) is 11.3. The van der Waals surface area contributed by atoms with E-state index in [1.54, 1.807) is 59.1 Å². The average Bonchev–Trinajstić information content (AvgIpc) is 3.07. The van der Waals surface area contributed by atoms with Crippen LogP contribution < -0.4 is 4.74 Å². The largest absolute Gasteiger partial charge is 0.493 e. The van der Waals surface area contributed by atoms with Crippen LogP contribution in [0.15, 0.2) is 37.8 Å². The van der Waals surface area contributed by atoms with Crippen LogP contribution in [0.4, 0.5) is 0 Å². The Hall–Kier alpha value is -0.810. The van der Waals surface area contributed by atoms with Gasteiger partial charge in [0.25, 0.3) is 0 Å². The first-order chi connectivity index (χ1) is 12.4. The number of nitrogens with zero attached hydrogens (tertiary/aromatic N) is 3. The first kappa shape index (κ1) is 21.5. The quantitative estimate of drug-likeness (QED) is 0.394. The zero-order valence-corrected chi connectivity index (χ0v) is 18.3. The minimum Gasteiger partial charge on any atom is -0.493 e. The van der Waals surface area contributed by atoms with Crippen LogP contribution >= 0.6 is 34.9 Å². The van der Waals surface area contributed by atoms with Crippen molar-refractivity contribution in [2.45, 2.75) is 33.3 Å². The van der Waals surface area contributed by atoms with E-state index >= 15 is 0 Å². The number of rotatable bonds is 11. The van der Waals surface area contributed by atoms with Crippen LogP contribution in [0.1, 0.15) is 19.8 Å². The number of thioether (sulfide) groups is 2. The van der Waals surface area contributed by atoms with Gasteiger partial charge >= 0.3 is 0 Å². The summed E-state index contributed by atoms with van der Waals surface area (Å²) >= 11 is 4.98. The highest BCUT2D eigenvalue weighted by molar-refractivity contribution is 8.03. The van der Waals surface area contributed by atoms with Crippen LogP contribution in [-0.2, 0) is 10.0 Å².